The Morgan fingerprint density at radius 1 is 1.19 bits per heavy atom. The summed E-state index contributed by atoms with van der Waals surface area (Å²) >= 11 is 0. The lowest BCUT2D eigenvalue weighted by Gasteiger charge is -2.41. The molecule has 2 atom stereocenters. The molecule has 0 aromatic heterocycles. The van der Waals surface area contributed by atoms with Gasteiger partial charge in [0.05, 0.1) is 5.60 Å². The van der Waals surface area contributed by atoms with Crippen molar-refractivity contribution in [2.45, 2.75) is 71.4 Å². The summed E-state index contributed by atoms with van der Waals surface area (Å²) in [6.45, 7) is 10.2. The number of hydrogen-bond donors (Lipinski definition) is 1. The Hall–Kier alpha value is -0.0800. The van der Waals surface area contributed by atoms with Crippen LogP contribution in [-0.2, 0) is 0 Å². The zero-order valence-corrected chi connectivity index (χ0v) is 11.5. The second kappa shape index (κ2) is 6.02. The predicted octanol–water partition coefficient (Wildman–Crippen LogP) is 3.05. The van der Waals surface area contributed by atoms with Gasteiger partial charge in [0.2, 0.25) is 0 Å². The minimum absolute atomic E-state index is 0.564. The highest BCUT2D eigenvalue weighted by Crippen LogP contribution is 2.31. The van der Waals surface area contributed by atoms with Crippen molar-refractivity contribution in [2.75, 3.05) is 13.1 Å². The van der Waals surface area contributed by atoms with Gasteiger partial charge in [-0.05, 0) is 39.2 Å². The summed E-state index contributed by atoms with van der Waals surface area (Å²) in [6.07, 6.45) is 6.75. The van der Waals surface area contributed by atoms with E-state index < -0.39 is 5.60 Å². The van der Waals surface area contributed by atoms with Crippen molar-refractivity contribution in [1.82, 2.24) is 4.90 Å². The van der Waals surface area contributed by atoms with E-state index in [0.29, 0.717) is 6.04 Å². The van der Waals surface area contributed by atoms with Crippen LogP contribution in [0.1, 0.15) is 59.8 Å². The molecule has 1 N–H and O–H groups in total. The summed E-state index contributed by atoms with van der Waals surface area (Å²) in [4.78, 5) is 2.49. The van der Waals surface area contributed by atoms with E-state index in [2.05, 4.69) is 18.7 Å². The highest BCUT2D eigenvalue weighted by atomic mass is 16.3. The summed E-state index contributed by atoms with van der Waals surface area (Å²) in [5.41, 5.74) is -0.564. The lowest BCUT2D eigenvalue weighted by molar-refractivity contribution is 0.00215. The van der Waals surface area contributed by atoms with Gasteiger partial charge < -0.3 is 5.11 Å². The molecule has 0 saturated heterocycles. The summed E-state index contributed by atoms with van der Waals surface area (Å²) in [5, 5.41) is 9.97. The zero-order chi connectivity index (χ0) is 12.2. The third-order valence-electron chi connectivity index (χ3n) is 3.86. The molecule has 0 aromatic carbocycles. The number of rotatable bonds is 5. The maximum absolute atomic E-state index is 9.97. The van der Waals surface area contributed by atoms with E-state index in [-0.39, 0.29) is 0 Å². The normalized spacial score (nSPS) is 27.4. The molecule has 16 heavy (non-hydrogen) atoms. The second-order valence-electron chi connectivity index (χ2n) is 5.90. The van der Waals surface area contributed by atoms with Crippen molar-refractivity contribution >= 4 is 0 Å². The van der Waals surface area contributed by atoms with Gasteiger partial charge in [0.25, 0.3) is 0 Å². The maximum Gasteiger partial charge on any atom is 0.0718 e. The van der Waals surface area contributed by atoms with Crippen LogP contribution < -0.4 is 0 Å². The van der Waals surface area contributed by atoms with Crippen LogP contribution in [0.3, 0.4) is 0 Å². The van der Waals surface area contributed by atoms with Crippen LogP contribution in [0.15, 0.2) is 0 Å². The first kappa shape index (κ1) is 14.0. The molecule has 1 fully saturated rings. The van der Waals surface area contributed by atoms with E-state index >= 15 is 0 Å². The van der Waals surface area contributed by atoms with E-state index in [1.807, 2.05) is 13.8 Å². The van der Waals surface area contributed by atoms with Gasteiger partial charge in [-0.25, -0.2) is 0 Å². The van der Waals surface area contributed by atoms with Gasteiger partial charge in [-0.15, -0.1) is 0 Å². The Kier molecular flexibility index (Phi) is 5.26. The van der Waals surface area contributed by atoms with Crippen LogP contribution in [-0.4, -0.2) is 34.7 Å². The van der Waals surface area contributed by atoms with Crippen molar-refractivity contribution in [3.63, 3.8) is 0 Å². The highest BCUT2D eigenvalue weighted by Gasteiger charge is 2.30. The van der Waals surface area contributed by atoms with Crippen LogP contribution in [0.25, 0.3) is 0 Å². The number of hydrogen-bond acceptors (Lipinski definition) is 2. The van der Waals surface area contributed by atoms with E-state index in [4.69, 9.17) is 0 Å². The van der Waals surface area contributed by atoms with Crippen molar-refractivity contribution in [2.24, 2.45) is 5.92 Å². The largest absolute Gasteiger partial charge is 0.389 e. The SMILES string of the molecule is CCC1CCCCC1N(CC)CC(C)(C)O. The summed E-state index contributed by atoms with van der Waals surface area (Å²) in [7, 11) is 0. The van der Waals surface area contributed by atoms with Gasteiger partial charge in [0, 0.05) is 12.6 Å². The van der Waals surface area contributed by atoms with Gasteiger partial charge >= 0.3 is 0 Å². The molecule has 0 heterocycles. The Morgan fingerprint density at radius 3 is 2.31 bits per heavy atom. The number of nitrogens with zero attached hydrogens (tertiary/aromatic N) is 1. The highest BCUT2D eigenvalue weighted by molar-refractivity contribution is 4.85. The van der Waals surface area contributed by atoms with Crippen LogP contribution in [0.2, 0.25) is 0 Å². The predicted molar refractivity (Wildman–Crippen MR) is 69.6 cm³/mol. The van der Waals surface area contributed by atoms with Crippen LogP contribution >= 0.6 is 0 Å². The molecule has 96 valence electrons. The molecule has 0 aromatic rings. The molecular weight excluding hydrogens is 198 g/mol. The molecule has 1 aliphatic carbocycles. The van der Waals surface area contributed by atoms with Gasteiger partial charge in [-0.2, -0.15) is 0 Å². The lowest BCUT2D eigenvalue weighted by Crippen LogP contribution is -2.48. The maximum atomic E-state index is 9.97. The third kappa shape index (κ3) is 4.06. The Labute approximate surface area is 101 Å². The molecule has 0 aliphatic heterocycles. The Bertz CT molecular complexity index is 197. The fourth-order valence-corrected chi connectivity index (χ4v) is 3.11. The van der Waals surface area contributed by atoms with Crippen LogP contribution in [0.4, 0.5) is 0 Å². The molecule has 0 amide bonds. The van der Waals surface area contributed by atoms with E-state index in [9.17, 15) is 5.11 Å². The topological polar surface area (TPSA) is 23.5 Å². The van der Waals surface area contributed by atoms with E-state index in [0.717, 1.165) is 19.0 Å². The van der Waals surface area contributed by atoms with Gasteiger partial charge in [0.1, 0.15) is 0 Å². The molecule has 2 nitrogen and oxygen atoms in total. The first-order valence-electron chi connectivity index (χ1n) is 6.94. The smallest absolute Gasteiger partial charge is 0.0718 e. The van der Waals surface area contributed by atoms with Gasteiger partial charge in [0.15, 0.2) is 0 Å². The first-order valence-corrected chi connectivity index (χ1v) is 6.94. The van der Waals surface area contributed by atoms with E-state index in [1.54, 1.807) is 0 Å². The molecule has 0 bridgehead atoms. The van der Waals surface area contributed by atoms with Crippen molar-refractivity contribution in [3.05, 3.63) is 0 Å². The average molecular weight is 227 g/mol. The Balaban J connectivity index is 2.62. The zero-order valence-electron chi connectivity index (χ0n) is 11.5. The number of likely N-dealkylation sites (N-methyl/N-ethyl adjacent to an activating group) is 1. The minimum atomic E-state index is -0.564. The van der Waals surface area contributed by atoms with Crippen molar-refractivity contribution in [3.8, 4) is 0 Å². The fraction of sp³-hybridized carbons (Fsp3) is 1.00. The summed E-state index contributed by atoms with van der Waals surface area (Å²) in [6, 6.07) is 0.704. The van der Waals surface area contributed by atoms with E-state index in [1.165, 1.54) is 32.1 Å². The van der Waals surface area contributed by atoms with Crippen molar-refractivity contribution < 1.29 is 5.11 Å². The monoisotopic (exact) mass is 227 g/mol. The summed E-state index contributed by atoms with van der Waals surface area (Å²) in [5.74, 6) is 0.844. The second-order valence-corrected chi connectivity index (χ2v) is 5.90. The lowest BCUT2D eigenvalue weighted by atomic mass is 9.81. The molecule has 2 heteroatoms. The third-order valence-corrected chi connectivity index (χ3v) is 3.86. The molecule has 0 radical (unpaired) electrons. The minimum Gasteiger partial charge on any atom is -0.389 e. The molecular formula is C14H29NO. The van der Waals surface area contributed by atoms with Gasteiger partial charge in [-0.3, -0.25) is 4.90 Å². The van der Waals surface area contributed by atoms with Crippen LogP contribution in [0, 0.1) is 5.92 Å². The summed E-state index contributed by atoms with van der Waals surface area (Å²) < 4.78 is 0. The number of aliphatic hydroxyl groups is 1. The average Bonchev–Trinajstić information content (AvgIpc) is 2.24. The molecule has 1 aliphatic rings. The molecule has 1 rings (SSSR count). The van der Waals surface area contributed by atoms with Crippen LogP contribution in [0.5, 0.6) is 0 Å². The quantitative estimate of drug-likeness (QED) is 0.780. The van der Waals surface area contributed by atoms with Gasteiger partial charge in [-0.1, -0.05) is 33.1 Å². The molecule has 1 saturated carbocycles. The first-order chi connectivity index (χ1) is 7.48. The Morgan fingerprint density at radius 2 is 1.81 bits per heavy atom. The fourth-order valence-electron chi connectivity index (χ4n) is 3.11. The molecule has 2 unspecified atom stereocenters. The standard InChI is InChI=1S/C14H29NO/c1-5-12-9-7-8-10-13(12)15(6-2)11-14(3,4)16/h12-13,16H,5-11H2,1-4H3. The molecule has 0 spiro atoms. The van der Waals surface area contributed by atoms with Crippen molar-refractivity contribution in [1.29, 1.82) is 0 Å².